The molecule has 8 heteroatoms. The van der Waals surface area contributed by atoms with Crippen LogP contribution in [0.15, 0.2) is 34.5 Å². The molecule has 0 saturated carbocycles. The van der Waals surface area contributed by atoms with Gasteiger partial charge in [-0.05, 0) is 74.2 Å². The van der Waals surface area contributed by atoms with Crippen molar-refractivity contribution in [1.82, 2.24) is 4.31 Å². The van der Waals surface area contributed by atoms with Crippen molar-refractivity contribution in [3.05, 3.63) is 40.1 Å². The fourth-order valence-corrected chi connectivity index (χ4v) is 6.59. The molecule has 3 heterocycles. The maximum Gasteiger partial charge on any atom is 0.266 e. The molecule has 1 amide bonds. The standard InChI is InChI=1S/C22H29N3O3S2/c1-17-10-15-29-21(17)22(26)23-19-16-18(30(27,28)25-13-6-3-7-14-25)8-9-20(19)24-11-4-2-5-12-24/h8-10,15-16H,2-7,11-14H2,1H3,(H,23,26). The van der Waals surface area contributed by atoms with Gasteiger partial charge >= 0.3 is 0 Å². The van der Waals surface area contributed by atoms with Gasteiger partial charge in [-0.25, -0.2) is 8.42 Å². The Balaban J connectivity index is 1.69. The van der Waals surface area contributed by atoms with Gasteiger partial charge in [-0.3, -0.25) is 4.79 Å². The summed E-state index contributed by atoms with van der Waals surface area (Å²) in [5.74, 6) is -0.187. The summed E-state index contributed by atoms with van der Waals surface area (Å²) in [4.78, 5) is 16.1. The molecule has 6 nitrogen and oxygen atoms in total. The lowest BCUT2D eigenvalue weighted by atomic mass is 10.1. The van der Waals surface area contributed by atoms with Crippen LogP contribution in [0.4, 0.5) is 11.4 Å². The second-order valence-electron chi connectivity index (χ2n) is 8.08. The first-order valence-electron chi connectivity index (χ1n) is 10.7. The van der Waals surface area contributed by atoms with Gasteiger partial charge < -0.3 is 10.2 Å². The molecule has 30 heavy (non-hydrogen) atoms. The topological polar surface area (TPSA) is 69.7 Å². The van der Waals surface area contributed by atoms with Gasteiger partial charge in [0.1, 0.15) is 0 Å². The number of anilines is 2. The number of hydrogen-bond donors (Lipinski definition) is 1. The van der Waals surface area contributed by atoms with Crippen LogP contribution in [0.2, 0.25) is 0 Å². The summed E-state index contributed by atoms with van der Waals surface area (Å²) in [6.07, 6.45) is 6.27. The molecule has 0 bridgehead atoms. The van der Waals surface area contributed by atoms with Crippen molar-refractivity contribution in [2.45, 2.75) is 50.3 Å². The van der Waals surface area contributed by atoms with Crippen LogP contribution in [0, 0.1) is 6.92 Å². The van der Waals surface area contributed by atoms with E-state index in [9.17, 15) is 13.2 Å². The number of piperidine rings is 2. The summed E-state index contributed by atoms with van der Waals surface area (Å²) in [6, 6.07) is 7.12. The summed E-state index contributed by atoms with van der Waals surface area (Å²) in [7, 11) is -3.56. The zero-order valence-electron chi connectivity index (χ0n) is 17.4. The molecule has 1 aromatic heterocycles. The molecule has 2 aromatic rings. The van der Waals surface area contributed by atoms with Crippen LogP contribution in [0.25, 0.3) is 0 Å². The first-order valence-corrected chi connectivity index (χ1v) is 13.0. The molecule has 2 saturated heterocycles. The molecular formula is C22H29N3O3S2. The highest BCUT2D eigenvalue weighted by Gasteiger charge is 2.28. The predicted molar refractivity (Wildman–Crippen MR) is 122 cm³/mol. The zero-order chi connectivity index (χ0) is 21.1. The van der Waals surface area contributed by atoms with E-state index in [4.69, 9.17) is 0 Å². The number of carbonyl (C=O) groups is 1. The van der Waals surface area contributed by atoms with E-state index in [1.165, 1.54) is 17.8 Å². The SMILES string of the molecule is Cc1ccsc1C(=O)Nc1cc(S(=O)(=O)N2CCCCC2)ccc1N1CCCCC1. The number of nitrogens with zero attached hydrogens (tertiary/aromatic N) is 2. The van der Waals surface area contributed by atoms with Gasteiger partial charge in [-0.1, -0.05) is 6.42 Å². The lowest BCUT2D eigenvalue weighted by Gasteiger charge is -2.31. The van der Waals surface area contributed by atoms with Crippen LogP contribution >= 0.6 is 11.3 Å². The quantitative estimate of drug-likeness (QED) is 0.734. The molecule has 1 N–H and O–H groups in total. The van der Waals surface area contributed by atoms with Crippen molar-refractivity contribution < 1.29 is 13.2 Å². The third-order valence-electron chi connectivity index (χ3n) is 5.93. The number of carbonyl (C=O) groups excluding carboxylic acids is 1. The predicted octanol–water partition coefficient (Wildman–Crippen LogP) is 4.47. The van der Waals surface area contributed by atoms with Gasteiger partial charge in [0.25, 0.3) is 5.91 Å². The van der Waals surface area contributed by atoms with E-state index >= 15 is 0 Å². The van der Waals surface area contributed by atoms with E-state index in [2.05, 4.69) is 10.2 Å². The third kappa shape index (κ3) is 4.40. The van der Waals surface area contributed by atoms with E-state index in [-0.39, 0.29) is 10.8 Å². The molecule has 162 valence electrons. The molecule has 0 radical (unpaired) electrons. The number of nitrogens with one attached hydrogen (secondary N) is 1. The van der Waals surface area contributed by atoms with E-state index < -0.39 is 10.0 Å². The lowest BCUT2D eigenvalue weighted by Crippen LogP contribution is -2.35. The zero-order valence-corrected chi connectivity index (χ0v) is 19.0. The Labute approximate surface area is 182 Å². The average Bonchev–Trinajstić information content (AvgIpc) is 3.21. The van der Waals surface area contributed by atoms with E-state index in [0.717, 1.165) is 56.4 Å². The summed E-state index contributed by atoms with van der Waals surface area (Å²) >= 11 is 1.40. The smallest absolute Gasteiger partial charge is 0.266 e. The number of aryl methyl sites for hydroxylation is 1. The van der Waals surface area contributed by atoms with Gasteiger partial charge in [0.05, 0.1) is 21.1 Å². The van der Waals surface area contributed by atoms with Crippen molar-refractivity contribution in [3.63, 3.8) is 0 Å². The first-order chi connectivity index (χ1) is 14.5. The van der Waals surface area contributed by atoms with Gasteiger partial charge in [-0.15, -0.1) is 11.3 Å². The van der Waals surface area contributed by atoms with Crippen LogP contribution < -0.4 is 10.2 Å². The molecule has 2 fully saturated rings. The Kier molecular flexibility index (Phi) is 6.46. The molecule has 2 aliphatic heterocycles. The number of sulfonamides is 1. The highest BCUT2D eigenvalue weighted by Crippen LogP contribution is 2.33. The minimum atomic E-state index is -3.56. The number of benzene rings is 1. The Morgan fingerprint density at radius 3 is 2.27 bits per heavy atom. The second-order valence-corrected chi connectivity index (χ2v) is 10.9. The number of rotatable bonds is 5. The third-order valence-corrected chi connectivity index (χ3v) is 8.84. The largest absolute Gasteiger partial charge is 0.370 e. The summed E-state index contributed by atoms with van der Waals surface area (Å²) in [6.45, 7) is 4.87. The van der Waals surface area contributed by atoms with Crippen molar-refractivity contribution in [2.24, 2.45) is 0 Å². The molecule has 4 rings (SSSR count). The molecule has 1 aromatic carbocycles. The summed E-state index contributed by atoms with van der Waals surface area (Å²) in [5, 5.41) is 4.91. The molecular weight excluding hydrogens is 418 g/mol. The molecule has 0 aliphatic carbocycles. The van der Waals surface area contributed by atoms with Crippen LogP contribution in [-0.4, -0.2) is 44.8 Å². The Morgan fingerprint density at radius 1 is 0.967 bits per heavy atom. The van der Waals surface area contributed by atoms with Gasteiger partial charge in [0.15, 0.2) is 0 Å². The lowest BCUT2D eigenvalue weighted by molar-refractivity contribution is 0.103. The average molecular weight is 448 g/mol. The van der Waals surface area contributed by atoms with Crippen LogP contribution in [0.5, 0.6) is 0 Å². The highest BCUT2D eigenvalue weighted by molar-refractivity contribution is 7.89. The second kappa shape index (κ2) is 9.08. The van der Waals surface area contributed by atoms with Crippen LogP contribution in [0.1, 0.15) is 53.8 Å². The minimum Gasteiger partial charge on any atom is -0.370 e. The molecule has 2 aliphatic rings. The van der Waals surface area contributed by atoms with E-state index in [0.29, 0.717) is 23.7 Å². The van der Waals surface area contributed by atoms with Crippen LogP contribution in [-0.2, 0) is 10.0 Å². The Morgan fingerprint density at radius 2 is 1.63 bits per heavy atom. The highest BCUT2D eigenvalue weighted by atomic mass is 32.2. The normalized spacial score (nSPS) is 18.4. The fraction of sp³-hybridized carbons (Fsp3) is 0.500. The molecule has 0 spiro atoms. The number of amides is 1. The van der Waals surface area contributed by atoms with Gasteiger partial charge in [-0.2, -0.15) is 4.31 Å². The van der Waals surface area contributed by atoms with Crippen molar-refractivity contribution in [2.75, 3.05) is 36.4 Å². The van der Waals surface area contributed by atoms with Gasteiger partial charge in [0, 0.05) is 26.2 Å². The fourth-order valence-electron chi connectivity index (χ4n) is 4.23. The Hall–Kier alpha value is -1.90. The maximum atomic E-state index is 13.2. The maximum absolute atomic E-state index is 13.2. The van der Waals surface area contributed by atoms with E-state index in [1.54, 1.807) is 16.4 Å². The molecule has 0 unspecified atom stereocenters. The van der Waals surface area contributed by atoms with Crippen molar-refractivity contribution in [3.8, 4) is 0 Å². The Bertz CT molecular complexity index is 1000. The number of thiophene rings is 1. The van der Waals surface area contributed by atoms with Crippen molar-refractivity contribution >= 4 is 38.6 Å². The summed E-state index contributed by atoms with van der Waals surface area (Å²) < 4.78 is 28.0. The minimum absolute atomic E-state index is 0.187. The van der Waals surface area contributed by atoms with Crippen molar-refractivity contribution in [1.29, 1.82) is 0 Å². The number of hydrogen-bond acceptors (Lipinski definition) is 5. The first kappa shape index (κ1) is 21.3. The van der Waals surface area contributed by atoms with E-state index in [1.807, 2.05) is 24.4 Å². The monoisotopic (exact) mass is 447 g/mol. The van der Waals surface area contributed by atoms with Crippen LogP contribution in [0.3, 0.4) is 0 Å². The van der Waals surface area contributed by atoms with Gasteiger partial charge in [0.2, 0.25) is 10.0 Å². The molecule has 0 atom stereocenters. The summed E-state index contributed by atoms with van der Waals surface area (Å²) in [5.41, 5.74) is 2.40.